The Hall–Kier alpha value is -2.04. The average molecular weight is 390 g/mol. The van der Waals surface area contributed by atoms with E-state index in [4.69, 9.17) is 19.6 Å². The zero-order chi connectivity index (χ0) is 18.9. The largest absolute Gasteiger partial charge is 0.356 e. The van der Waals surface area contributed by atoms with Gasteiger partial charge in [0.1, 0.15) is 0 Å². The normalized spacial score (nSPS) is 12.2. The van der Waals surface area contributed by atoms with Crippen molar-refractivity contribution in [2.75, 3.05) is 0 Å². The summed E-state index contributed by atoms with van der Waals surface area (Å²) in [7, 11) is -8.50. The lowest BCUT2D eigenvalue weighted by atomic mass is 10.0. The Balaban J connectivity index is 1.84. The molecule has 134 valence electrons. The maximum absolute atomic E-state index is 11.2. The van der Waals surface area contributed by atoms with Crippen LogP contribution in [0.3, 0.4) is 0 Å². The lowest BCUT2D eigenvalue weighted by Gasteiger charge is -2.08. The second kappa shape index (κ2) is 6.93. The molecule has 4 N–H and O–H groups in total. The van der Waals surface area contributed by atoms with Crippen LogP contribution in [0.5, 0.6) is 0 Å². The van der Waals surface area contributed by atoms with Crippen molar-refractivity contribution in [3.63, 3.8) is 0 Å². The second-order valence-corrected chi connectivity index (χ2v) is 8.97. The molecule has 3 aromatic rings. The van der Waals surface area contributed by atoms with Crippen molar-refractivity contribution >= 4 is 25.8 Å². The van der Waals surface area contributed by atoms with Gasteiger partial charge in [-0.1, -0.05) is 48.5 Å². The molecule has 0 spiro atoms. The van der Waals surface area contributed by atoms with Gasteiger partial charge in [-0.2, -0.15) is 0 Å². The standard InChI is InChI=1S/C18H16O6P2/c19-25(20,21)17-9-5-15(6-10-17)13-1-2-14(4-3-13)16-7-11-18(12-8-16)26(22,23)24/h1-12H,(H2,19,20,21)(H2,22,23,24). The van der Waals surface area contributed by atoms with Crippen molar-refractivity contribution in [3.05, 3.63) is 72.8 Å². The van der Waals surface area contributed by atoms with Crippen molar-refractivity contribution in [2.45, 2.75) is 0 Å². The Kier molecular flexibility index (Phi) is 5.00. The lowest BCUT2D eigenvalue weighted by Crippen LogP contribution is -2.02. The zero-order valence-corrected chi connectivity index (χ0v) is 15.2. The van der Waals surface area contributed by atoms with Gasteiger partial charge in [-0.25, -0.2) is 0 Å². The van der Waals surface area contributed by atoms with Crippen molar-refractivity contribution in [2.24, 2.45) is 0 Å². The van der Waals surface area contributed by atoms with Crippen LogP contribution in [0.15, 0.2) is 72.8 Å². The minimum absolute atomic E-state index is 0.0250. The molecule has 0 amide bonds. The molecule has 0 fully saturated rings. The van der Waals surface area contributed by atoms with Crippen LogP contribution in [-0.2, 0) is 9.13 Å². The number of hydrogen-bond donors (Lipinski definition) is 4. The summed E-state index contributed by atoms with van der Waals surface area (Å²) in [4.78, 5) is 36.6. The molecule has 3 rings (SSSR count). The third-order valence-electron chi connectivity index (χ3n) is 3.96. The lowest BCUT2D eigenvalue weighted by molar-refractivity contribution is 0.385. The molecule has 0 unspecified atom stereocenters. The first-order valence-corrected chi connectivity index (χ1v) is 10.8. The first-order valence-electron chi connectivity index (χ1n) is 7.58. The highest BCUT2D eigenvalue weighted by Gasteiger charge is 2.17. The van der Waals surface area contributed by atoms with E-state index < -0.39 is 15.2 Å². The summed E-state index contributed by atoms with van der Waals surface area (Å²) in [5.41, 5.74) is 3.42. The van der Waals surface area contributed by atoms with E-state index in [0.29, 0.717) is 0 Å². The van der Waals surface area contributed by atoms with Crippen molar-refractivity contribution in [1.29, 1.82) is 0 Å². The summed E-state index contributed by atoms with van der Waals surface area (Å²) >= 11 is 0. The van der Waals surface area contributed by atoms with Gasteiger partial charge >= 0.3 is 15.2 Å². The number of hydrogen-bond acceptors (Lipinski definition) is 2. The van der Waals surface area contributed by atoms with Crippen LogP contribution in [0, 0.1) is 0 Å². The van der Waals surface area contributed by atoms with Crippen LogP contribution < -0.4 is 10.6 Å². The predicted octanol–water partition coefficient (Wildman–Crippen LogP) is 2.63. The van der Waals surface area contributed by atoms with E-state index >= 15 is 0 Å². The fraction of sp³-hybridized carbons (Fsp3) is 0. The van der Waals surface area contributed by atoms with E-state index in [1.165, 1.54) is 24.3 Å². The molecule has 0 heterocycles. The number of rotatable bonds is 4. The molecule has 0 atom stereocenters. The number of benzene rings is 3. The van der Waals surface area contributed by atoms with E-state index in [0.717, 1.165) is 22.3 Å². The minimum Gasteiger partial charge on any atom is -0.321 e. The summed E-state index contributed by atoms with van der Waals surface area (Å²) in [6.45, 7) is 0. The first-order chi connectivity index (χ1) is 12.1. The molecule has 0 aromatic heterocycles. The molecular formula is C18H16O6P2. The van der Waals surface area contributed by atoms with Gasteiger partial charge in [-0.05, 0) is 46.5 Å². The third kappa shape index (κ3) is 4.19. The van der Waals surface area contributed by atoms with Gasteiger partial charge in [0.2, 0.25) is 0 Å². The molecular weight excluding hydrogens is 374 g/mol. The zero-order valence-electron chi connectivity index (χ0n) is 13.4. The molecule has 0 aliphatic heterocycles. The predicted molar refractivity (Wildman–Crippen MR) is 101 cm³/mol. The highest BCUT2D eigenvalue weighted by atomic mass is 31.2. The average Bonchev–Trinajstić information content (AvgIpc) is 2.61. The molecule has 0 radical (unpaired) electrons. The van der Waals surface area contributed by atoms with E-state index in [-0.39, 0.29) is 10.6 Å². The van der Waals surface area contributed by atoms with Gasteiger partial charge in [0.05, 0.1) is 10.6 Å². The smallest absolute Gasteiger partial charge is 0.321 e. The monoisotopic (exact) mass is 390 g/mol. The Bertz CT molecular complexity index is 915. The Morgan fingerprint density at radius 3 is 0.808 bits per heavy atom. The quantitative estimate of drug-likeness (QED) is 0.509. The highest BCUT2D eigenvalue weighted by molar-refractivity contribution is 7.60. The fourth-order valence-corrected chi connectivity index (χ4v) is 3.63. The molecule has 8 heteroatoms. The Morgan fingerprint density at radius 1 is 0.423 bits per heavy atom. The summed E-state index contributed by atoms with van der Waals surface area (Å²) < 4.78 is 22.4. The van der Waals surface area contributed by atoms with E-state index in [2.05, 4.69) is 0 Å². The summed E-state index contributed by atoms with van der Waals surface area (Å²) in [5, 5.41) is -0.0500. The van der Waals surface area contributed by atoms with Crippen molar-refractivity contribution < 1.29 is 28.7 Å². The fourth-order valence-electron chi connectivity index (χ4n) is 2.55. The maximum Gasteiger partial charge on any atom is 0.356 e. The van der Waals surface area contributed by atoms with Gasteiger partial charge in [0.15, 0.2) is 0 Å². The minimum atomic E-state index is -4.25. The molecule has 0 aliphatic rings. The highest BCUT2D eigenvalue weighted by Crippen LogP contribution is 2.35. The van der Waals surface area contributed by atoms with E-state index in [1.807, 2.05) is 24.3 Å². The topological polar surface area (TPSA) is 115 Å². The summed E-state index contributed by atoms with van der Waals surface area (Å²) in [6, 6.07) is 19.7. The molecule has 0 saturated heterocycles. The summed E-state index contributed by atoms with van der Waals surface area (Å²) in [5.74, 6) is 0. The van der Waals surface area contributed by atoms with Crippen LogP contribution in [-0.4, -0.2) is 19.6 Å². The van der Waals surface area contributed by atoms with Gasteiger partial charge in [-0.15, -0.1) is 0 Å². The van der Waals surface area contributed by atoms with Crippen LogP contribution in [0.25, 0.3) is 22.3 Å². The van der Waals surface area contributed by atoms with Crippen LogP contribution in [0.4, 0.5) is 0 Å². The molecule has 26 heavy (non-hydrogen) atoms. The van der Waals surface area contributed by atoms with Crippen LogP contribution >= 0.6 is 15.2 Å². The molecule has 3 aromatic carbocycles. The molecule has 6 nitrogen and oxygen atoms in total. The molecule has 0 aliphatic carbocycles. The van der Waals surface area contributed by atoms with E-state index in [1.54, 1.807) is 24.3 Å². The SMILES string of the molecule is O=P(O)(O)c1ccc(-c2ccc(-c3ccc(P(=O)(O)O)cc3)cc2)cc1. The Morgan fingerprint density at radius 2 is 0.615 bits per heavy atom. The summed E-state index contributed by atoms with van der Waals surface area (Å²) in [6.07, 6.45) is 0. The van der Waals surface area contributed by atoms with Gasteiger partial charge in [0, 0.05) is 0 Å². The van der Waals surface area contributed by atoms with Crippen LogP contribution in [0.1, 0.15) is 0 Å². The maximum atomic E-state index is 11.2. The van der Waals surface area contributed by atoms with Crippen molar-refractivity contribution in [1.82, 2.24) is 0 Å². The van der Waals surface area contributed by atoms with E-state index in [9.17, 15) is 9.13 Å². The van der Waals surface area contributed by atoms with Gasteiger partial charge in [-0.3, -0.25) is 9.13 Å². The molecule has 0 bridgehead atoms. The second-order valence-electron chi connectivity index (χ2n) is 5.76. The Labute approximate surface area is 150 Å². The van der Waals surface area contributed by atoms with Crippen LogP contribution in [0.2, 0.25) is 0 Å². The third-order valence-corrected chi connectivity index (χ3v) is 5.90. The van der Waals surface area contributed by atoms with Gasteiger partial charge < -0.3 is 19.6 Å². The molecule has 0 saturated carbocycles. The van der Waals surface area contributed by atoms with Gasteiger partial charge in [0.25, 0.3) is 0 Å². The first kappa shape index (κ1) is 18.7. The van der Waals surface area contributed by atoms with Crippen molar-refractivity contribution in [3.8, 4) is 22.3 Å².